The number of nitrogens with one attached hydrogen (secondary N) is 1. The maximum atomic E-state index is 14.0. The molecule has 110 valence electrons. The molecule has 2 heterocycles. The van der Waals surface area contributed by atoms with Crippen molar-refractivity contribution < 1.29 is 12.8 Å². The third-order valence-electron chi connectivity index (χ3n) is 2.92. The molecule has 0 saturated carbocycles. The van der Waals surface area contributed by atoms with E-state index in [4.69, 9.17) is 0 Å². The van der Waals surface area contributed by atoms with E-state index < -0.39 is 15.8 Å². The monoisotopic (exact) mass is 299 g/mol. The number of pyridine rings is 1. The van der Waals surface area contributed by atoms with Gasteiger partial charge in [0.15, 0.2) is 5.03 Å². The number of aromatic nitrogens is 2. The van der Waals surface area contributed by atoms with Crippen LogP contribution in [0.4, 0.5) is 4.39 Å². The van der Waals surface area contributed by atoms with Crippen LogP contribution < -0.4 is 4.72 Å². The number of imidazole rings is 1. The van der Waals surface area contributed by atoms with Gasteiger partial charge in [-0.15, -0.1) is 0 Å². The summed E-state index contributed by atoms with van der Waals surface area (Å²) in [6, 6.07) is 2.77. The van der Waals surface area contributed by atoms with E-state index in [2.05, 4.69) is 9.71 Å². The third-order valence-corrected chi connectivity index (χ3v) is 4.30. The lowest BCUT2D eigenvalue weighted by Crippen LogP contribution is -2.25. The van der Waals surface area contributed by atoms with Gasteiger partial charge in [-0.3, -0.25) is 4.40 Å². The van der Waals surface area contributed by atoms with Crippen LogP contribution in [-0.2, 0) is 10.0 Å². The van der Waals surface area contributed by atoms with Crippen molar-refractivity contribution >= 4 is 15.5 Å². The Morgan fingerprint density at radius 1 is 1.45 bits per heavy atom. The summed E-state index contributed by atoms with van der Waals surface area (Å²) in [5.74, 6) is -0.0837. The van der Waals surface area contributed by atoms with Gasteiger partial charge in [0.25, 0.3) is 10.0 Å². The molecule has 0 unspecified atom stereocenters. The average Bonchev–Trinajstić information content (AvgIpc) is 2.78. The van der Waals surface area contributed by atoms with E-state index in [0.29, 0.717) is 18.8 Å². The van der Waals surface area contributed by atoms with Crippen LogP contribution in [0.1, 0.15) is 38.9 Å². The number of nitrogens with zero attached hydrogens (tertiary/aromatic N) is 2. The zero-order valence-electron chi connectivity index (χ0n) is 11.7. The van der Waals surface area contributed by atoms with Crippen LogP contribution in [0.5, 0.6) is 0 Å². The van der Waals surface area contributed by atoms with Crippen molar-refractivity contribution in [1.29, 1.82) is 0 Å². The Labute approximate surface area is 117 Å². The molecule has 2 rings (SSSR count). The normalized spacial score (nSPS) is 12.4. The summed E-state index contributed by atoms with van der Waals surface area (Å²) >= 11 is 0. The summed E-state index contributed by atoms with van der Waals surface area (Å²) in [5.41, 5.74) is -0.000182. The van der Waals surface area contributed by atoms with Crippen molar-refractivity contribution in [2.24, 2.45) is 0 Å². The molecule has 0 spiro atoms. The van der Waals surface area contributed by atoms with Crippen LogP contribution in [0.2, 0.25) is 0 Å². The van der Waals surface area contributed by atoms with E-state index in [1.165, 1.54) is 16.5 Å². The van der Waals surface area contributed by atoms with Gasteiger partial charge in [-0.05, 0) is 18.6 Å². The van der Waals surface area contributed by atoms with Gasteiger partial charge in [0.1, 0.15) is 17.2 Å². The maximum Gasteiger partial charge on any atom is 0.260 e. The van der Waals surface area contributed by atoms with Gasteiger partial charge in [0.05, 0.1) is 0 Å². The molecule has 0 saturated heterocycles. The first kappa shape index (κ1) is 14.9. The van der Waals surface area contributed by atoms with Gasteiger partial charge in [-0.25, -0.2) is 22.5 Å². The smallest absolute Gasteiger partial charge is 0.260 e. The number of fused-ring (bicyclic) bond motifs is 1. The van der Waals surface area contributed by atoms with Crippen LogP contribution in [0.15, 0.2) is 23.4 Å². The molecule has 0 amide bonds. The second kappa shape index (κ2) is 5.49. The van der Waals surface area contributed by atoms with Crippen molar-refractivity contribution in [1.82, 2.24) is 14.1 Å². The highest BCUT2D eigenvalue weighted by molar-refractivity contribution is 7.89. The summed E-state index contributed by atoms with van der Waals surface area (Å²) in [6.07, 6.45) is 2.28. The average molecular weight is 299 g/mol. The molecule has 0 aliphatic heterocycles. The first-order valence-electron chi connectivity index (χ1n) is 6.54. The number of rotatable bonds is 5. The molecule has 7 heteroatoms. The minimum atomic E-state index is -3.81. The summed E-state index contributed by atoms with van der Waals surface area (Å²) < 4.78 is 42.4. The molecule has 2 aromatic rings. The van der Waals surface area contributed by atoms with Gasteiger partial charge in [0, 0.05) is 18.7 Å². The van der Waals surface area contributed by atoms with E-state index >= 15 is 0 Å². The third kappa shape index (κ3) is 2.55. The van der Waals surface area contributed by atoms with Crippen LogP contribution in [0, 0.1) is 5.82 Å². The second-order valence-corrected chi connectivity index (χ2v) is 6.58. The lowest BCUT2D eigenvalue weighted by atomic mass is 10.2. The van der Waals surface area contributed by atoms with E-state index in [1.807, 2.05) is 20.8 Å². The van der Waals surface area contributed by atoms with Crippen LogP contribution in [0.3, 0.4) is 0 Å². The lowest BCUT2D eigenvalue weighted by molar-refractivity contribution is 0.576. The van der Waals surface area contributed by atoms with Crippen molar-refractivity contribution in [3.05, 3.63) is 30.0 Å². The number of hydrogen-bond acceptors (Lipinski definition) is 3. The Balaban J connectivity index is 2.71. The molecule has 2 aromatic heterocycles. The molecule has 0 aliphatic carbocycles. The Hall–Kier alpha value is -1.47. The Morgan fingerprint density at radius 2 is 2.15 bits per heavy atom. The van der Waals surface area contributed by atoms with E-state index in [1.54, 1.807) is 6.20 Å². The highest BCUT2D eigenvalue weighted by atomic mass is 32.2. The zero-order valence-corrected chi connectivity index (χ0v) is 12.5. The standard InChI is InChI=1S/C13H18FN3O2S/c1-4-7-15-20(18,19)13-11-10(14)6-5-8-17(11)12(16-13)9(2)3/h5-6,8-9,15H,4,7H2,1-3H3. The maximum absolute atomic E-state index is 14.0. The molecule has 0 aromatic carbocycles. The summed E-state index contributed by atoms with van der Waals surface area (Å²) in [4.78, 5) is 4.15. The van der Waals surface area contributed by atoms with Gasteiger partial charge in [0.2, 0.25) is 0 Å². The molecule has 0 aliphatic rings. The molecule has 5 nitrogen and oxygen atoms in total. The highest BCUT2D eigenvalue weighted by Crippen LogP contribution is 2.24. The van der Waals surface area contributed by atoms with Gasteiger partial charge < -0.3 is 0 Å². The van der Waals surface area contributed by atoms with Crippen LogP contribution >= 0.6 is 0 Å². The quantitative estimate of drug-likeness (QED) is 0.921. The molecular formula is C13H18FN3O2S. The van der Waals surface area contributed by atoms with E-state index in [9.17, 15) is 12.8 Å². The molecule has 0 fully saturated rings. The second-order valence-electron chi connectivity index (χ2n) is 4.90. The summed E-state index contributed by atoms with van der Waals surface area (Å²) in [5, 5.41) is -0.243. The van der Waals surface area contributed by atoms with E-state index in [0.717, 1.165) is 0 Å². The van der Waals surface area contributed by atoms with Crippen LogP contribution in [-0.4, -0.2) is 24.3 Å². The minimum absolute atomic E-state index is 0.000182. The SMILES string of the molecule is CCCNS(=O)(=O)c1nc(C(C)C)n2cccc(F)c12. The summed E-state index contributed by atoms with van der Waals surface area (Å²) in [6.45, 7) is 5.92. The van der Waals surface area contributed by atoms with Crippen molar-refractivity contribution in [2.45, 2.75) is 38.1 Å². The van der Waals surface area contributed by atoms with E-state index in [-0.39, 0.29) is 16.5 Å². The number of hydrogen-bond donors (Lipinski definition) is 1. The highest BCUT2D eigenvalue weighted by Gasteiger charge is 2.26. The van der Waals surface area contributed by atoms with Crippen molar-refractivity contribution in [3.8, 4) is 0 Å². The van der Waals surface area contributed by atoms with Crippen molar-refractivity contribution in [2.75, 3.05) is 6.54 Å². The largest absolute Gasteiger partial charge is 0.300 e. The molecule has 0 bridgehead atoms. The van der Waals surface area contributed by atoms with Crippen molar-refractivity contribution in [3.63, 3.8) is 0 Å². The predicted molar refractivity (Wildman–Crippen MR) is 74.7 cm³/mol. The van der Waals surface area contributed by atoms with Gasteiger partial charge in [-0.2, -0.15) is 0 Å². The Kier molecular flexibility index (Phi) is 4.10. The van der Waals surface area contributed by atoms with Crippen LogP contribution in [0.25, 0.3) is 5.52 Å². The van der Waals surface area contributed by atoms with Gasteiger partial charge in [-0.1, -0.05) is 20.8 Å². The minimum Gasteiger partial charge on any atom is -0.300 e. The lowest BCUT2D eigenvalue weighted by Gasteiger charge is -2.04. The molecule has 0 atom stereocenters. The summed E-state index contributed by atoms with van der Waals surface area (Å²) in [7, 11) is -3.81. The first-order valence-corrected chi connectivity index (χ1v) is 8.03. The number of sulfonamides is 1. The number of halogens is 1. The predicted octanol–water partition coefficient (Wildman–Crippen LogP) is 2.29. The molecule has 0 radical (unpaired) electrons. The molecular weight excluding hydrogens is 281 g/mol. The molecule has 1 N–H and O–H groups in total. The first-order chi connectivity index (χ1) is 9.38. The molecule has 20 heavy (non-hydrogen) atoms. The fourth-order valence-corrected chi connectivity index (χ4v) is 3.26. The zero-order chi connectivity index (χ0) is 14.9. The topological polar surface area (TPSA) is 63.5 Å². The fraction of sp³-hybridized carbons (Fsp3) is 0.462. The van der Waals surface area contributed by atoms with Gasteiger partial charge >= 0.3 is 0 Å². The Bertz CT molecular complexity index is 723. The Morgan fingerprint density at radius 3 is 2.75 bits per heavy atom. The fourth-order valence-electron chi connectivity index (χ4n) is 1.99.